The second-order valence-electron chi connectivity index (χ2n) is 5.79. The van der Waals surface area contributed by atoms with Crippen molar-refractivity contribution in [3.8, 4) is 16.3 Å². The summed E-state index contributed by atoms with van der Waals surface area (Å²) in [7, 11) is 1.62. The number of thiazole rings is 1. The topological polar surface area (TPSA) is 71.5 Å². The van der Waals surface area contributed by atoms with E-state index in [1.807, 2.05) is 55.5 Å². The van der Waals surface area contributed by atoms with Crippen molar-refractivity contribution >= 4 is 22.9 Å². The molecule has 0 fully saturated rings. The number of rotatable bonds is 6. The molecular formula is C20H20N2O3S. The van der Waals surface area contributed by atoms with Crippen LogP contribution in [-0.2, 0) is 6.42 Å². The number of aromatic nitrogens is 1. The molecule has 3 aromatic rings. The number of methoxy groups -OCH3 is 1. The van der Waals surface area contributed by atoms with Crippen molar-refractivity contribution in [1.29, 1.82) is 0 Å². The largest absolute Gasteiger partial charge is 0.497 e. The molecule has 2 N–H and O–H groups in total. The quantitative estimate of drug-likeness (QED) is 0.692. The van der Waals surface area contributed by atoms with Crippen molar-refractivity contribution in [2.45, 2.75) is 13.3 Å². The second kappa shape index (κ2) is 8.12. The minimum absolute atomic E-state index is 0.110. The van der Waals surface area contributed by atoms with Gasteiger partial charge >= 0.3 is 0 Å². The van der Waals surface area contributed by atoms with Gasteiger partial charge in [-0.3, -0.25) is 4.79 Å². The van der Waals surface area contributed by atoms with E-state index in [1.54, 1.807) is 7.11 Å². The molecule has 0 aliphatic rings. The van der Waals surface area contributed by atoms with E-state index >= 15 is 0 Å². The van der Waals surface area contributed by atoms with Crippen LogP contribution in [0.2, 0.25) is 0 Å². The SMILES string of the molecule is COc1cccc(-c2nc(C)c(C(=O)Nc3ccc(CCO)cc3)s2)c1. The number of carbonyl (C=O) groups is 1. The number of carbonyl (C=O) groups excluding carboxylic acids is 1. The van der Waals surface area contributed by atoms with E-state index in [0.717, 1.165) is 21.9 Å². The van der Waals surface area contributed by atoms with Crippen LogP contribution in [0, 0.1) is 6.92 Å². The van der Waals surface area contributed by atoms with E-state index in [4.69, 9.17) is 9.84 Å². The van der Waals surface area contributed by atoms with Gasteiger partial charge in [-0.2, -0.15) is 0 Å². The Morgan fingerprint density at radius 2 is 2.00 bits per heavy atom. The Kier molecular flexibility index (Phi) is 5.65. The number of anilines is 1. The Morgan fingerprint density at radius 1 is 1.23 bits per heavy atom. The monoisotopic (exact) mass is 368 g/mol. The molecule has 134 valence electrons. The normalized spacial score (nSPS) is 10.6. The number of nitrogens with one attached hydrogen (secondary N) is 1. The average molecular weight is 368 g/mol. The molecule has 0 aliphatic heterocycles. The van der Waals surface area contributed by atoms with Gasteiger partial charge in [0, 0.05) is 17.9 Å². The first-order valence-corrected chi connectivity index (χ1v) is 9.05. The van der Waals surface area contributed by atoms with Gasteiger partial charge in [0.05, 0.1) is 12.8 Å². The molecule has 0 saturated heterocycles. The van der Waals surface area contributed by atoms with E-state index < -0.39 is 0 Å². The minimum atomic E-state index is -0.177. The number of hydrogen-bond donors (Lipinski definition) is 2. The highest BCUT2D eigenvalue weighted by atomic mass is 32.1. The van der Waals surface area contributed by atoms with Crippen LogP contribution >= 0.6 is 11.3 Å². The Morgan fingerprint density at radius 3 is 2.69 bits per heavy atom. The Bertz CT molecular complexity index is 904. The fourth-order valence-electron chi connectivity index (χ4n) is 2.56. The van der Waals surface area contributed by atoms with Crippen molar-refractivity contribution in [3.05, 3.63) is 64.7 Å². The predicted molar refractivity (Wildman–Crippen MR) is 104 cm³/mol. The molecule has 3 rings (SSSR count). The number of ether oxygens (including phenoxy) is 1. The van der Waals surface area contributed by atoms with Crippen LogP contribution in [0.1, 0.15) is 20.9 Å². The molecule has 0 saturated carbocycles. The van der Waals surface area contributed by atoms with E-state index in [0.29, 0.717) is 22.7 Å². The third-order valence-corrected chi connectivity index (χ3v) is 5.14. The molecule has 0 spiro atoms. The van der Waals surface area contributed by atoms with Gasteiger partial charge in [0.2, 0.25) is 0 Å². The second-order valence-corrected chi connectivity index (χ2v) is 6.79. The van der Waals surface area contributed by atoms with Crippen LogP contribution in [0.15, 0.2) is 48.5 Å². The standard InChI is InChI=1S/C20H20N2O3S/c1-13-18(19(24)22-16-8-6-14(7-9-16)10-11-23)26-20(21-13)15-4-3-5-17(12-15)25-2/h3-9,12,23H,10-11H2,1-2H3,(H,22,24). The maximum absolute atomic E-state index is 12.6. The summed E-state index contributed by atoms with van der Waals surface area (Å²) >= 11 is 1.36. The molecule has 6 heteroatoms. The maximum Gasteiger partial charge on any atom is 0.267 e. The third-order valence-electron chi connectivity index (χ3n) is 3.93. The van der Waals surface area contributed by atoms with Crippen LogP contribution in [0.5, 0.6) is 5.75 Å². The Balaban J connectivity index is 1.78. The van der Waals surface area contributed by atoms with Crippen molar-refractivity contribution in [1.82, 2.24) is 4.98 Å². The molecule has 0 aliphatic carbocycles. The molecule has 0 unspecified atom stereocenters. The fraction of sp³-hybridized carbons (Fsp3) is 0.200. The first-order chi connectivity index (χ1) is 12.6. The lowest BCUT2D eigenvalue weighted by atomic mass is 10.1. The molecule has 1 heterocycles. The molecule has 2 aromatic carbocycles. The summed E-state index contributed by atoms with van der Waals surface area (Å²) in [6.07, 6.45) is 0.603. The summed E-state index contributed by atoms with van der Waals surface area (Å²) in [5, 5.41) is 12.6. The van der Waals surface area contributed by atoms with Crippen LogP contribution < -0.4 is 10.1 Å². The molecule has 5 nitrogen and oxygen atoms in total. The zero-order valence-electron chi connectivity index (χ0n) is 14.7. The molecular weight excluding hydrogens is 348 g/mol. The molecule has 0 bridgehead atoms. The average Bonchev–Trinajstić information content (AvgIpc) is 3.05. The van der Waals surface area contributed by atoms with Gasteiger partial charge in [-0.15, -0.1) is 11.3 Å². The fourth-order valence-corrected chi connectivity index (χ4v) is 3.52. The van der Waals surface area contributed by atoms with Gasteiger partial charge in [0.15, 0.2) is 0 Å². The minimum Gasteiger partial charge on any atom is -0.497 e. The number of benzene rings is 2. The smallest absolute Gasteiger partial charge is 0.267 e. The lowest BCUT2D eigenvalue weighted by Gasteiger charge is -2.05. The summed E-state index contributed by atoms with van der Waals surface area (Å²) in [4.78, 5) is 17.7. The maximum atomic E-state index is 12.6. The van der Waals surface area contributed by atoms with Gasteiger partial charge in [-0.1, -0.05) is 24.3 Å². The summed E-state index contributed by atoms with van der Waals surface area (Å²) < 4.78 is 5.25. The lowest BCUT2D eigenvalue weighted by molar-refractivity contribution is 0.103. The first-order valence-electron chi connectivity index (χ1n) is 8.23. The highest BCUT2D eigenvalue weighted by Gasteiger charge is 2.16. The molecule has 1 aromatic heterocycles. The van der Waals surface area contributed by atoms with Crippen LogP contribution in [-0.4, -0.2) is 29.7 Å². The van der Waals surface area contributed by atoms with E-state index in [2.05, 4.69) is 10.3 Å². The predicted octanol–water partition coefficient (Wildman–Crippen LogP) is 3.91. The van der Waals surface area contributed by atoms with Crippen molar-refractivity contribution < 1.29 is 14.6 Å². The Labute approximate surface area is 156 Å². The number of hydrogen-bond acceptors (Lipinski definition) is 5. The van der Waals surface area contributed by atoms with Crippen molar-refractivity contribution in [2.75, 3.05) is 19.0 Å². The summed E-state index contributed by atoms with van der Waals surface area (Å²) in [6, 6.07) is 15.1. The van der Waals surface area contributed by atoms with Gasteiger partial charge in [0.25, 0.3) is 5.91 Å². The number of nitrogens with zero attached hydrogens (tertiary/aromatic N) is 1. The van der Waals surface area contributed by atoms with E-state index in [9.17, 15) is 4.79 Å². The number of aryl methyl sites for hydroxylation is 1. The first kappa shape index (κ1) is 18.1. The van der Waals surface area contributed by atoms with Crippen molar-refractivity contribution in [3.63, 3.8) is 0 Å². The number of aliphatic hydroxyl groups excluding tert-OH is 1. The Hall–Kier alpha value is -2.70. The van der Waals surface area contributed by atoms with Gasteiger partial charge < -0.3 is 15.2 Å². The molecule has 0 radical (unpaired) electrons. The van der Waals surface area contributed by atoms with Crippen LogP contribution in [0.4, 0.5) is 5.69 Å². The summed E-state index contributed by atoms with van der Waals surface area (Å²) in [6.45, 7) is 1.94. The van der Waals surface area contributed by atoms with Gasteiger partial charge in [0.1, 0.15) is 15.6 Å². The van der Waals surface area contributed by atoms with E-state index in [1.165, 1.54) is 11.3 Å². The highest BCUT2D eigenvalue weighted by molar-refractivity contribution is 7.17. The molecule has 1 amide bonds. The van der Waals surface area contributed by atoms with E-state index in [-0.39, 0.29) is 12.5 Å². The lowest BCUT2D eigenvalue weighted by Crippen LogP contribution is -2.11. The van der Waals surface area contributed by atoms with Crippen LogP contribution in [0.25, 0.3) is 10.6 Å². The molecule has 0 atom stereocenters. The molecule has 26 heavy (non-hydrogen) atoms. The van der Waals surface area contributed by atoms with Crippen LogP contribution in [0.3, 0.4) is 0 Å². The third kappa shape index (κ3) is 4.09. The van der Waals surface area contributed by atoms with Gasteiger partial charge in [-0.05, 0) is 43.2 Å². The van der Waals surface area contributed by atoms with Crippen molar-refractivity contribution in [2.24, 2.45) is 0 Å². The zero-order chi connectivity index (χ0) is 18.5. The highest BCUT2D eigenvalue weighted by Crippen LogP contribution is 2.30. The van der Waals surface area contributed by atoms with Gasteiger partial charge in [-0.25, -0.2) is 4.98 Å². The summed E-state index contributed by atoms with van der Waals surface area (Å²) in [5.41, 5.74) is 3.36. The summed E-state index contributed by atoms with van der Waals surface area (Å²) in [5.74, 6) is 0.577. The number of aliphatic hydroxyl groups is 1. The number of amides is 1. The zero-order valence-corrected chi connectivity index (χ0v) is 15.5.